The number of rotatable bonds is 21. The smallest absolute Gasteiger partial charge is 0.311 e. The highest BCUT2D eigenvalue weighted by Gasteiger charge is 2.23. The number of carbonyl (C=O) groups excluding carboxylic acids is 2. The van der Waals surface area contributed by atoms with Crippen LogP contribution in [0.15, 0.2) is 97.1 Å². The normalized spacial score (nSPS) is 11.5. The molecule has 0 bridgehead atoms. The minimum absolute atomic E-state index is 0.182. The molecule has 0 atom stereocenters. The lowest BCUT2D eigenvalue weighted by molar-refractivity contribution is -0.135. The van der Waals surface area contributed by atoms with E-state index in [0.29, 0.717) is 24.3 Å². The second kappa shape index (κ2) is 20.1. The number of hydrogen-bond acceptors (Lipinski definition) is 4. The minimum atomic E-state index is -0.182. The molecule has 4 nitrogen and oxygen atoms in total. The summed E-state index contributed by atoms with van der Waals surface area (Å²) in [5.74, 6) is 0.875. The molecule has 0 aliphatic carbocycles. The summed E-state index contributed by atoms with van der Waals surface area (Å²) in [5.41, 5.74) is 2.15. The van der Waals surface area contributed by atoms with Gasteiger partial charge in [0, 0.05) is 34.4 Å². The molecule has 4 heteroatoms. The Morgan fingerprint density at radius 1 is 0.352 bits per heavy atom. The molecule has 0 fully saturated rings. The summed E-state index contributed by atoms with van der Waals surface area (Å²) in [6.07, 6.45) is 19.7. The van der Waals surface area contributed by atoms with Gasteiger partial charge in [0.25, 0.3) is 0 Å². The highest BCUT2D eigenvalue weighted by Crippen LogP contribution is 2.49. The van der Waals surface area contributed by atoms with E-state index in [2.05, 4.69) is 86.6 Å². The van der Waals surface area contributed by atoms with Crippen LogP contribution in [0.4, 0.5) is 0 Å². The maximum atomic E-state index is 13.4. The first-order valence-electron chi connectivity index (χ1n) is 20.9. The Morgan fingerprint density at radius 2 is 0.593 bits per heavy atom. The van der Waals surface area contributed by atoms with Crippen molar-refractivity contribution in [1.82, 2.24) is 0 Å². The van der Waals surface area contributed by atoms with Crippen molar-refractivity contribution in [2.24, 2.45) is 0 Å². The zero-order valence-electron chi connectivity index (χ0n) is 32.6. The van der Waals surface area contributed by atoms with E-state index < -0.39 is 0 Å². The fraction of sp³-hybridized carbons (Fsp3) is 0.400. The van der Waals surface area contributed by atoms with Crippen molar-refractivity contribution in [3.63, 3.8) is 0 Å². The quantitative estimate of drug-likeness (QED) is 0.0321. The van der Waals surface area contributed by atoms with Gasteiger partial charge in [-0.25, -0.2) is 0 Å². The monoisotopic (exact) mass is 722 g/mol. The summed E-state index contributed by atoms with van der Waals surface area (Å²) < 4.78 is 12.6. The second-order valence-electron chi connectivity index (χ2n) is 15.0. The average Bonchev–Trinajstić information content (AvgIpc) is 3.20. The van der Waals surface area contributed by atoms with Crippen LogP contribution in [0.3, 0.4) is 0 Å². The Morgan fingerprint density at radius 3 is 0.870 bits per heavy atom. The van der Waals surface area contributed by atoms with Gasteiger partial charge >= 0.3 is 11.9 Å². The summed E-state index contributed by atoms with van der Waals surface area (Å²) in [4.78, 5) is 26.8. The molecule has 0 aliphatic rings. The second-order valence-corrected chi connectivity index (χ2v) is 15.0. The molecule has 0 unspecified atom stereocenters. The Labute approximate surface area is 322 Å². The van der Waals surface area contributed by atoms with Crippen molar-refractivity contribution in [3.8, 4) is 22.6 Å². The third kappa shape index (κ3) is 9.50. The van der Waals surface area contributed by atoms with E-state index in [1.807, 2.05) is 24.3 Å². The van der Waals surface area contributed by atoms with Gasteiger partial charge in [-0.05, 0) is 45.5 Å². The maximum absolute atomic E-state index is 13.4. The van der Waals surface area contributed by atoms with Crippen molar-refractivity contribution >= 4 is 55.0 Å². The zero-order chi connectivity index (χ0) is 37.5. The fourth-order valence-electron chi connectivity index (χ4n) is 8.07. The average molecular weight is 723 g/mol. The largest absolute Gasteiger partial charge is 0.425 e. The van der Waals surface area contributed by atoms with Crippen molar-refractivity contribution in [1.29, 1.82) is 0 Å². The van der Waals surface area contributed by atoms with E-state index in [1.165, 1.54) is 64.2 Å². The van der Waals surface area contributed by atoms with Crippen molar-refractivity contribution < 1.29 is 19.1 Å². The van der Waals surface area contributed by atoms with Crippen LogP contribution in [-0.2, 0) is 9.59 Å². The highest BCUT2D eigenvalue weighted by atomic mass is 16.5. The molecule has 0 heterocycles. The van der Waals surface area contributed by atoms with Gasteiger partial charge < -0.3 is 9.47 Å². The molecule has 6 aromatic carbocycles. The predicted octanol–water partition coefficient (Wildman–Crippen LogP) is 14.8. The molecule has 6 rings (SSSR count). The Hall–Kier alpha value is -4.70. The van der Waals surface area contributed by atoms with Crippen molar-refractivity contribution in [2.75, 3.05) is 0 Å². The molecule has 0 aromatic heterocycles. The summed E-state index contributed by atoms with van der Waals surface area (Å²) in [6, 6.07) is 33.1. The number of carbonyl (C=O) groups is 2. The fourth-order valence-corrected chi connectivity index (χ4v) is 8.07. The number of unbranched alkanes of at least 4 members (excludes halogenated alkanes) is 14. The summed E-state index contributed by atoms with van der Waals surface area (Å²) in [5, 5.41) is 7.69. The number of benzene rings is 6. The van der Waals surface area contributed by atoms with Gasteiger partial charge in [0.1, 0.15) is 11.5 Å². The van der Waals surface area contributed by atoms with E-state index in [4.69, 9.17) is 9.47 Å². The Kier molecular flexibility index (Phi) is 14.5. The maximum Gasteiger partial charge on any atom is 0.311 e. The van der Waals surface area contributed by atoms with E-state index in [9.17, 15) is 9.59 Å². The topological polar surface area (TPSA) is 52.6 Å². The van der Waals surface area contributed by atoms with Gasteiger partial charge in [0.2, 0.25) is 0 Å². The van der Waals surface area contributed by atoms with Crippen LogP contribution in [0.1, 0.15) is 129 Å². The number of hydrogen-bond donors (Lipinski definition) is 0. The summed E-state index contributed by atoms with van der Waals surface area (Å²) in [7, 11) is 0. The van der Waals surface area contributed by atoms with E-state index >= 15 is 0 Å². The van der Waals surface area contributed by atoms with E-state index in [1.54, 1.807) is 0 Å². The van der Waals surface area contributed by atoms with Gasteiger partial charge in [0.05, 0.1) is 0 Å². The number of ether oxygens (including phenoxy) is 2. The van der Waals surface area contributed by atoms with Crippen LogP contribution in [0.5, 0.6) is 11.5 Å². The molecule has 54 heavy (non-hydrogen) atoms. The lowest BCUT2D eigenvalue weighted by Crippen LogP contribution is -2.09. The van der Waals surface area contributed by atoms with Gasteiger partial charge in [-0.15, -0.1) is 0 Å². The molecule has 0 aliphatic heterocycles. The van der Waals surface area contributed by atoms with E-state index in [-0.39, 0.29) is 11.9 Å². The van der Waals surface area contributed by atoms with E-state index in [0.717, 1.165) is 92.7 Å². The van der Waals surface area contributed by atoms with Crippen LogP contribution in [0.2, 0.25) is 0 Å². The lowest BCUT2D eigenvalue weighted by Gasteiger charge is -2.21. The van der Waals surface area contributed by atoms with Crippen LogP contribution >= 0.6 is 0 Å². The Balaban J connectivity index is 1.33. The zero-order valence-corrected chi connectivity index (χ0v) is 32.6. The van der Waals surface area contributed by atoms with Crippen molar-refractivity contribution in [2.45, 2.75) is 129 Å². The Bertz CT molecular complexity index is 1890. The van der Waals surface area contributed by atoms with Crippen LogP contribution < -0.4 is 9.47 Å². The van der Waals surface area contributed by atoms with Gasteiger partial charge in [-0.2, -0.15) is 0 Å². The molecule has 0 N–H and O–H groups in total. The summed E-state index contributed by atoms with van der Waals surface area (Å²) in [6.45, 7) is 4.48. The number of esters is 2. The highest BCUT2D eigenvalue weighted by molar-refractivity contribution is 6.27. The molecule has 0 spiro atoms. The molecule has 0 saturated heterocycles. The molecule has 0 radical (unpaired) electrons. The molecule has 6 aromatic rings. The lowest BCUT2D eigenvalue weighted by atomic mass is 9.85. The summed E-state index contributed by atoms with van der Waals surface area (Å²) >= 11 is 0. The van der Waals surface area contributed by atoms with Gasteiger partial charge in [-0.1, -0.05) is 201 Å². The van der Waals surface area contributed by atoms with Crippen LogP contribution in [0.25, 0.3) is 54.2 Å². The molecular formula is C50H58O4. The predicted molar refractivity (Wildman–Crippen MR) is 228 cm³/mol. The standard InChI is InChI=1S/C50H58O4/c1-3-5-7-9-11-13-15-17-35-45(51)53-49-41-31-23-19-27-37(41)47(38-28-20-24-32-42(38)49)48-39-29-21-25-33-43(39)50(44-34-26-22-30-40(44)48)54-46(52)36-18-16-14-12-10-8-6-4-2/h19-34H,3-18,35-36H2,1-2H3. The third-order valence-electron chi connectivity index (χ3n) is 10.9. The molecule has 0 saturated carbocycles. The minimum Gasteiger partial charge on any atom is -0.425 e. The third-order valence-corrected chi connectivity index (χ3v) is 10.9. The first-order chi connectivity index (χ1) is 26.6. The van der Waals surface area contributed by atoms with Crippen LogP contribution in [-0.4, -0.2) is 11.9 Å². The van der Waals surface area contributed by atoms with Crippen molar-refractivity contribution in [3.05, 3.63) is 97.1 Å². The SMILES string of the molecule is CCCCCCCCCCC(=O)Oc1c2ccccc2c(-c2c3ccccc3c(OC(=O)CCCCCCCCCC)c3ccccc23)c2ccccc12. The molecule has 282 valence electrons. The first kappa shape index (κ1) is 39.0. The van der Waals surface area contributed by atoms with Gasteiger partial charge in [-0.3, -0.25) is 9.59 Å². The first-order valence-corrected chi connectivity index (χ1v) is 20.9. The van der Waals surface area contributed by atoms with Crippen LogP contribution in [0, 0.1) is 0 Å². The molecule has 0 amide bonds. The molecular weight excluding hydrogens is 665 g/mol. The number of fused-ring (bicyclic) bond motifs is 4. The van der Waals surface area contributed by atoms with Gasteiger partial charge in [0.15, 0.2) is 0 Å².